The number of aliphatic hydroxyl groups excluding tert-OH is 1. The van der Waals surface area contributed by atoms with Crippen LogP contribution in [0.4, 0.5) is 11.5 Å². The molecule has 1 aliphatic heterocycles. The van der Waals surface area contributed by atoms with Gasteiger partial charge in [0.15, 0.2) is 0 Å². The number of anilines is 1. The van der Waals surface area contributed by atoms with E-state index in [0.717, 1.165) is 5.69 Å². The first kappa shape index (κ1) is 15.5. The number of hydrogen-bond donors (Lipinski definition) is 1. The molecule has 2 aromatic rings. The van der Waals surface area contributed by atoms with Crippen LogP contribution in [0.2, 0.25) is 0 Å². The Balaban J connectivity index is 2.22. The van der Waals surface area contributed by atoms with Gasteiger partial charge in [0.25, 0.3) is 11.4 Å². The Kier molecular flexibility index (Phi) is 3.82. The van der Waals surface area contributed by atoms with Crippen LogP contribution in [0.25, 0.3) is 15.9 Å². The van der Waals surface area contributed by atoms with Crippen LogP contribution in [0.1, 0.15) is 20.3 Å². The molecule has 0 bridgehead atoms. The molecule has 3 rings (SSSR count). The van der Waals surface area contributed by atoms with Crippen LogP contribution in [0.15, 0.2) is 23.0 Å². The third-order valence-corrected chi connectivity index (χ3v) is 4.73. The van der Waals surface area contributed by atoms with E-state index in [1.54, 1.807) is 29.8 Å². The van der Waals surface area contributed by atoms with Gasteiger partial charge in [0.05, 0.1) is 17.3 Å². The zero-order valence-electron chi connectivity index (χ0n) is 13.5. The van der Waals surface area contributed by atoms with E-state index in [1.165, 1.54) is 0 Å². The largest absolute Gasteiger partial charge is 0.393 e. The Morgan fingerprint density at radius 2 is 2.13 bits per heavy atom. The van der Waals surface area contributed by atoms with Gasteiger partial charge >= 0.3 is 0 Å². The highest BCUT2D eigenvalue weighted by atomic mass is 16.3. The van der Waals surface area contributed by atoms with Crippen molar-refractivity contribution in [2.75, 3.05) is 11.4 Å². The second-order valence-corrected chi connectivity index (χ2v) is 6.36. The predicted molar refractivity (Wildman–Crippen MR) is 89.8 cm³/mol. The summed E-state index contributed by atoms with van der Waals surface area (Å²) in [5.41, 5.74) is 2.03. The molecule has 0 unspecified atom stereocenters. The van der Waals surface area contributed by atoms with E-state index in [-0.39, 0.29) is 23.6 Å². The predicted octanol–water partition coefficient (Wildman–Crippen LogP) is 2.08. The van der Waals surface area contributed by atoms with Crippen LogP contribution in [-0.4, -0.2) is 33.3 Å². The number of pyridine rings is 2. The van der Waals surface area contributed by atoms with Crippen molar-refractivity contribution in [3.05, 3.63) is 40.0 Å². The molecule has 0 aliphatic carbocycles. The third kappa shape index (κ3) is 2.57. The van der Waals surface area contributed by atoms with Crippen molar-refractivity contribution in [1.82, 2.24) is 9.55 Å². The van der Waals surface area contributed by atoms with E-state index >= 15 is 0 Å². The van der Waals surface area contributed by atoms with Crippen molar-refractivity contribution < 1.29 is 5.11 Å². The summed E-state index contributed by atoms with van der Waals surface area (Å²) in [7, 11) is 1.71. The number of piperidine rings is 1. The Morgan fingerprint density at radius 3 is 2.83 bits per heavy atom. The van der Waals surface area contributed by atoms with E-state index in [2.05, 4.69) is 14.7 Å². The maximum Gasteiger partial charge on any atom is 0.270 e. The first-order chi connectivity index (χ1) is 10.9. The fraction of sp³-hybridized carbons (Fsp3) is 0.471. The van der Waals surface area contributed by atoms with Crippen LogP contribution in [0.3, 0.4) is 0 Å². The first-order valence-electron chi connectivity index (χ1n) is 7.75. The van der Waals surface area contributed by atoms with Gasteiger partial charge in [-0.25, -0.2) is 0 Å². The highest BCUT2D eigenvalue weighted by Crippen LogP contribution is 2.32. The maximum absolute atomic E-state index is 12.3. The van der Waals surface area contributed by atoms with Gasteiger partial charge in [0.2, 0.25) is 5.52 Å². The van der Waals surface area contributed by atoms with Crippen molar-refractivity contribution in [2.45, 2.75) is 32.4 Å². The van der Waals surface area contributed by atoms with Crippen molar-refractivity contribution in [2.24, 2.45) is 13.0 Å². The molecule has 120 valence electrons. The normalized spacial score (nSPS) is 24.7. The fourth-order valence-electron chi connectivity index (χ4n) is 3.24. The summed E-state index contributed by atoms with van der Waals surface area (Å²) in [5, 5.41) is 10.1. The first-order valence-corrected chi connectivity index (χ1v) is 7.75. The fourth-order valence-corrected chi connectivity index (χ4v) is 3.24. The van der Waals surface area contributed by atoms with E-state index < -0.39 is 0 Å². The number of aromatic nitrogens is 2. The minimum absolute atomic E-state index is 0.101. The summed E-state index contributed by atoms with van der Waals surface area (Å²) in [6.45, 7) is 11.9. The number of aliphatic hydroxyl groups is 1. The van der Waals surface area contributed by atoms with Crippen molar-refractivity contribution in [1.29, 1.82) is 0 Å². The highest BCUT2D eigenvalue weighted by molar-refractivity contribution is 5.89. The molecule has 0 radical (unpaired) electrons. The second-order valence-electron chi connectivity index (χ2n) is 6.36. The number of hydrogen-bond acceptors (Lipinski definition) is 4. The van der Waals surface area contributed by atoms with Crippen LogP contribution >= 0.6 is 0 Å². The topological polar surface area (TPSA) is 62.7 Å². The summed E-state index contributed by atoms with van der Waals surface area (Å²) in [4.78, 5) is 22.3. The van der Waals surface area contributed by atoms with Crippen LogP contribution in [-0.2, 0) is 7.05 Å². The zero-order valence-corrected chi connectivity index (χ0v) is 13.5. The molecular weight excluding hydrogens is 292 g/mol. The molecule has 0 saturated carbocycles. The average molecular weight is 312 g/mol. The van der Waals surface area contributed by atoms with Gasteiger partial charge in [-0.1, -0.05) is 13.5 Å². The molecule has 1 saturated heterocycles. The van der Waals surface area contributed by atoms with Crippen molar-refractivity contribution in [3.8, 4) is 0 Å². The lowest BCUT2D eigenvalue weighted by atomic mass is 9.91. The molecule has 0 spiro atoms. The summed E-state index contributed by atoms with van der Waals surface area (Å²) >= 11 is 0. The minimum Gasteiger partial charge on any atom is -0.393 e. The molecule has 0 aromatic carbocycles. The van der Waals surface area contributed by atoms with Gasteiger partial charge in [-0.3, -0.25) is 4.79 Å². The molecule has 2 aromatic heterocycles. The number of nitrogens with zero attached hydrogens (tertiary/aromatic N) is 4. The SMILES string of the molecule is [C-]#[N+]c1ccc2c(n1)c(N1C[C@@H](C)[C@H](O)C[C@H]1C)cc(=O)n2C. The van der Waals surface area contributed by atoms with E-state index in [4.69, 9.17) is 6.57 Å². The Bertz CT molecular complexity index is 852. The summed E-state index contributed by atoms with van der Waals surface area (Å²) in [5.74, 6) is 0.435. The Hall–Kier alpha value is -2.39. The molecule has 1 aliphatic rings. The van der Waals surface area contributed by atoms with Gasteiger partial charge < -0.3 is 19.4 Å². The van der Waals surface area contributed by atoms with Gasteiger partial charge in [0.1, 0.15) is 0 Å². The zero-order chi connectivity index (χ0) is 16.7. The third-order valence-electron chi connectivity index (χ3n) is 4.73. The maximum atomic E-state index is 12.3. The standard InChI is InChI=1S/C17H20N4O2/c1-10-9-21(11(2)7-14(10)22)13-8-16(23)20(4)12-5-6-15(18-3)19-17(12)13/h5-6,8,10-11,14,22H,7,9H2,1-2,4H3/t10-,11-,14-/m1/s1. The Morgan fingerprint density at radius 1 is 1.39 bits per heavy atom. The lowest BCUT2D eigenvalue weighted by molar-refractivity contribution is 0.0840. The molecule has 3 heterocycles. The van der Waals surface area contributed by atoms with E-state index in [0.29, 0.717) is 29.8 Å². The molecule has 3 atom stereocenters. The van der Waals surface area contributed by atoms with Gasteiger partial charge in [-0.15, -0.1) is 4.98 Å². The lowest BCUT2D eigenvalue weighted by Crippen LogP contribution is -2.48. The van der Waals surface area contributed by atoms with Crippen molar-refractivity contribution in [3.63, 3.8) is 0 Å². The van der Waals surface area contributed by atoms with Gasteiger partial charge in [0, 0.05) is 25.7 Å². The summed E-state index contributed by atoms with van der Waals surface area (Å²) in [6, 6.07) is 5.09. The molecule has 23 heavy (non-hydrogen) atoms. The second kappa shape index (κ2) is 5.67. The number of rotatable bonds is 1. The monoisotopic (exact) mass is 312 g/mol. The quantitative estimate of drug-likeness (QED) is 0.819. The highest BCUT2D eigenvalue weighted by Gasteiger charge is 2.32. The molecule has 6 heteroatoms. The van der Waals surface area contributed by atoms with Crippen LogP contribution in [0.5, 0.6) is 0 Å². The molecule has 1 N–H and O–H groups in total. The van der Waals surface area contributed by atoms with Crippen molar-refractivity contribution >= 4 is 22.5 Å². The molecule has 6 nitrogen and oxygen atoms in total. The lowest BCUT2D eigenvalue weighted by Gasteiger charge is -2.41. The average Bonchev–Trinajstić information content (AvgIpc) is 2.54. The van der Waals surface area contributed by atoms with E-state index in [1.807, 2.05) is 13.8 Å². The van der Waals surface area contributed by atoms with Gasteiger partial charge in [-0.05, 0) is 31.4 Å². The summed E-state index contributed by atoms with van der Waals surface area (Å²) in [6.07, 6.45) is 0.325. The van der Waals surface area contributed by atoms with Crippen LogP contribution < -0.4 is 10.5 Å². The molecule has 0 amide bonds. The van der Waals surface area contributed by atoms with Gasteiger partial charge in [-0.2, -0.15) is 0 Å². The minimum atomic E-state index is -0.328. The smallest absolute Gasteiger partial charge is 0.270 e. The Labute approximate surface area is 134 Å². The van der Waals surface area contributed by atoms with Crippen LogP contribution in [0, 0.1) is 12.5 Å². The number of aryl methyl sites for hydroxylation is 1. The summed E-state index contributed by atoms with van der Waals surface area (Å²) < 4.78 is 1.55. The van der Waals surface area contributed by atoms with E-state index in [9.17, 15) is 9.90 Å². The molecule has 1 fully saturated rings. The number of fused-ring (bicyclic) bond motifs is 1. The molecular formula is C17H20N4O2.